The summed E-state index contributed by atoms with van der Waals surface area (Å²) in [6, 6.07) is 10.6. The molecule has 0 atom stereocenters. The monoisotopic (exact) mass is 426 g/mol. The fourth-order valence-electron chi connectivity index (χ4n) is 2.83. The van der Waals surface area contributed by atoms with Crippen molar-refractivity contribution in [3.63, 3.8) is 0 Å². The summed E-state index contributed by atoms with van der Waals surface area (Å²) >= 11 is 11.9. The molecule has 1 saturated heterocycles. The molecule has 142 valence electrons. The number of rotatable bonds is 4. The molecule has 1 fully saturated rings. The number of hydrogen-bond donors (Lipinski definition) is 0. The first-order valence-corrected chi connectivity index (χ1v) is 10.3. The van der Waals surface area contributed by atoms with Gasteiger partial charge < -0.3 is 4.90 Å². The quantitative estimate of drug-likeness (QED) is 0.704. The van der Waals surface area contributed by atoms with E-state index in [1.54, 1.807) is 29.2 Å². The fourth-order valence-corrected chi connectivity index (χ4v) is 4.99. The third kappa shape index (κ3) is 4.16. The highest BCUT2D eigenvalue weighted by atomic mass is 35.5. The average Bonchev–Trinajstić information content (AvgIpc) is 2.69. The van der Waals surface area contributed by atoms with Gasteiger partial charge in [-0.2, -0.15) is 4.31 Å². The Labute approximate surface area is 167 Å². The van der Waals surface area contributed by atoms with E-state index in [1.165, 1.54) is 22.5 Å². The molecule has 0 unspecified atom stereocenters. The Morgan fingerprint density at radius 3 is 2.19 bits per heavy atom. The Morgan fingerprint density at radius 1 is 0.963 bits per heavy atom. The van der Waals surface area contributed by atoms with Gasteiger partial charge in [0.15, 0.2) is 0 Å². The zero-order chi connectivity index (χ0) is 19.6. The van der Waals surface area contributed by atoms with Gasteiger partial charge in [-0.25, -0.2) is 8.42 Å². The Hall–Kier alpha value is -1.93. The summed E-state index contributed by atoms with van der Waals surface area (Å²) < 4.78 is 26.9. The van der Waals surface area contributed by atoms with E-state index < -0.39 is 10.0 Å². The summed E-state index contributed by atoms with van der Waals surface area (Å²) in [5.41, 5.74) is 0.940. The third-order valence-corrected chi connectivity index (χ3v) is 6.95. The summed E-state index contributed by atoms with van der Waals surface area (Å²) in [5, 5.41) is 0.388. The van der Waals surface area contributed by atoms with Crippen LogP contribution in [0.5, 0.6) is 0 Å². The van der Waals surface area contributed by atoms with Gasteiger partial charge in [0.2, 0.25) is 10.0 Å². The second-order valence-electron chi connectivity index (χ2n) is 6.01. The van der Waals surface area contributed by atoms with Crippen LogP contribution in [0.15, 0.2) is 47.4 Å². The third-order valence-electron chi connectivity index (χ3n) is 4.33. The molecule has 3 rings (SSSR count). The largest absolute Gasteiger partial charge is 0.336 e. The number of benzene rings is 2. The van der Waals surface area contributed by atoms with Gasteiger partial charge in [-0.15, -0.1) is 0 Å². The molecule has 1 aliphatic heterocycles. The standard InChI is InChI=1S/C18H16Cl2N2O4S/c19-15-5-6-16(20)17(11-15)27(25,26)22-9-7-21(8-10-22)18(24)14-3-1-13(12-23)2-4-14/h1-6,11-12H,7-10H2. The van der Waals surface area contributed by atoms with Crippen LogP contribution in [0.3, 0.4) is 0 Å². The molecule has 0 spiro atoms. The van der Waals surface area contributed by atoms with Gasteiger partial charge in [-0.05, 0) is 30.3 Å². The molecule has 0 aromatic heterocycles. The van der Waals surface area contributed by atoms with Crippen LogP contribution in [0.25, 0.3) is 0 Å². The van der Waals surface area contributed by atoms with Crippen molar-refractivity contribution in [2.75, 3.05) is 26.2 Å². The fraction of sp³-hybridized carbons (Fsp3) is 0.222. The number of piperazine rings is 1. The number of amides is 1. The van der Waals surface area contributed by atoms with Gasteiger partial charge in [0.25, 0.3) is 5.91 Å². The first kappa shape index (κ1) is 19.8. The van der Waals surface area contributed by atoms with E-state index in [9.17, 15) is 18.0 Å². The van der Waals surface area contributed by atoms with Crippen molar-refractivity contribution >= 4 is 45.4 Å². The smallest absolute Gasteiger partial charge is 0.253 e. The maximum atomic E-state index is 12.8. The number of sulfonamides is 1. The number of halogens is 2. The Bertz CT molecular complexity index is 969. The Morgan fingerprint density at radius 2 is 1.59 bits per heavy atom. The first-order chi connectivity index (χ1) is 12.8. The van der Waals surface area contributed by atoms with E-state index in [1.807, 2.05) is 0 Å². The molecule has 0 saturated carbocycles. The normalized spacial score (nSPS) is 15.6. The van der Waals surface area contributed by atoms with Crippen LogP contribution in [0.1, 0.15) is 20.7 Å². The molecule has 2 aromatic carbocycles. The molecule has 0 radical (unpaired) electrons. The van der Waals surface area contributed by atoms with Gasteiger partial charge in [0.1, 0.15) is 11.2 Å². The lowest BCUT2D eigenvalue weighted by molar-refractivity contribution is 0.0697. The van der Waals surface area contributed by atoms with Crippen LogP contribution in [0.4, 0.5) is 0 Å². The lowest BCUT2D eigenvalue weighted by Crippen LogP contribution is -2.50. The highest BCUT2D eigenvalue weighted by molar-refractivity contribution is 7.89. The highest BCUT2D eigenvalue weighted by Gasteiger charge is 2.31. The average molecular weight is 427 g/mol. The molecule has 1 aliphatic rings. The Kier molecular flexibility index (Phi) is 5.86. The van der Waals surface area contributed by atoms with Gasteiger partial charge in [0, 0.05) is 42.3 Å². The molecule has 27 heavy (non-hydrogen) atoms. The second-order valence-corrected chi connectivity index (χ2v) is 8.76. The molecule has 0 aliphatic carbocycles. The van der Waals surface area contributed by atoms with Crippen molar-refractivity contribution in [1.29, 1.82) is 0 Å². The van der Waals surface area contributed by atoms with Gasteiger partial charge in [0.05, 0.1) is 5.02 Å². The topological polar surface area (TPSA) is 74.8 Å². The van der Waals surface area contributed by atoms with Crippen molar-refractivity contribution in [2.45, 2.75) is 4.90 Å². The van der Waals surface area contributed by atoms with Gasteiger partial charge in [-0.1, -0.05) is 35.3 Å². The maximum Gasteiger partial charge on any atom is 0.253 e. The van der Waals surface area contributed by atoms with Gasteiger partial charge in [-0.3, -0.25) is 9.59 Å². The van der Waals surface area contributed by atoms with Crippen molar-refractivity contribution in [3.05, 3.63) is 63.6 Å². The second kappa shape index (κ2) is 7.98. The molecule has 1 amide bonds. The zero-order valence-electron chi connectivity index (χ0n) is 14.1. The van der Waals surface area contributed by atoms with Gasteiger partial charge >= 0.3 is 0 Å². The number of carbonyl (C=O) groups excluding carboxylic acids is 2. The van der Waals surface area contributed by atoms with E-state index in [2.05, 4.69) is 0 Å². The summed E-state index contributed by atoms with van der Waals surface area (Å²) in [7, 11) is -3.80. The SMILES string of the molecule is O=Cc1ccc(C(=O)N2CCN(S(=O)(=O)c3cc(Cl)ccc3Cl)CC2)cc1. The molecule has 6 nitrogen and oxygen atoms in total. The minimum atomic E-state index is -3.80. The Balaban J connectivity index is 1.71. The maximum absolute atomic E-state index is 12.8. The summed E-state index contributed by atoms with van der Waals surface area (Å²) in [5.74, 6) is -0.203. The number of carbonyl (C=O) groups is 2. The number of hydrogen-bond acceptors (Lipinski definition) is 4. The minimum absolute atomic E-state index is 0.0408. The van der Waals surface area contributed by atoms with E-state index in [4.69, 9.17) is 23.2 Å². The number of aldehydes is 1. The van der Waals surface area contributed by atoms with Crippen LogP contribution >= 0.6 is 23.2 Å². The predicted octanol–water partition coefficient (Wildman–Crippen LogP) is 2.95. The van der Waals surface area contributed by atoms with Crippen molar-refractivity contribution in [3.8, 4) is 0 Å². The predicted molar refractivity (Wildman–Crippen MR) is 103 cm³/mol. The lowest BCUT2D eigenvalue weighted by Gasteiger charge is -2.34. The van der Waals surface area contributed by atoms with E-state index in [-0.39, 0.29) is 47.0 Å². The summed E-state index contributed by atoms with van der Waals surface area (Å²) in [4.78, 5) is 24.8. The lowest BCUT2D eigenvalue weighted by atomic mass is 10.1. The van der Waals surface area contributed by atoms with Crippen LogP contribution < -0.4 is 0 Å². The van der Waals surface area contributed by atoms with Crippen LogP contribution in [0, 0.1) is 0 Å². The summed E-state index contributed by atoms with van der Waals surface area (Å²) in [6.45, 7) is 0.823. The minimum Gasteiger partial charge on any atom is -0.336 e. The van der Waals surface area contributed by atoms with Crippen molar-refractivity contribution in [1.82, 2.24) is 9.21 Å². The zero-order valence-corrected chi connectivity index (χ0v) is 16.5. The van der Waals surface area contributed by atoms with Crippen molar-refractivity contribution < 1.29 is 18.0 Å². The van der Waals surface area contributed by atoms with E-state index >= 15 is 0 Å². The molecular weight excluding hydrogens is 411 g/mol. The van der Waals surface area contributed by atoms with Crippen LogP contribution in [-0.4, -0.2) is 56.0 Å². The van der Waals surface area contributed by atoms with Crippen LogP contribution in [-0.2, 0) is 10.0 Å². The van der Waals surface area contributed by atoms with E-state index in [0.717, 1.165) is 0 Å². The molecule has 1 heterocycles. The highest BCUT2D eigenvalue weighted by Crippen LogP contribution is 2.28. The summed E-state index contributed by atoms with van der Waals surface area (Å²) in [6.07, 6.45) is 0.707. The molecule has 2 aromatic rings. The molecule has 0 bridgehead atoms. The van der Waals surface area contributed by atoms with E-state index in [0.29, 0.717) is 17.4 Å². The van der Waals surface area contributed by atoms with Crippen LogP contribution in [0.2, 0.25) is 10.0 Å². The molecule has 0 N–H and O–H groups in total. The van der Waals surface area contributed by atoms with Crippen molar-refractivity contribution in [2.24, 2.45) is 0 Å². The first-order valence-electron chi connectivity index (χ1n) is 8.12. The molecule has 9 heteroatoms. The number of nitrogens with zero attached hydrogens (tertiary/aromatic N) is 2. The molecular formula is C18H16Cl2N2O4S.